The Balaban J connectivity index is 2.07. The first-order valence-electron chi connectivity index (χ1n) is 7.17. The normalized spacial score (nSPS) is 15.9. The van der Waals surface area contributed by atoms with Crippen molar-refractivity contribution in [2.75, 3.05) is 6.61 Å². The lowest BCUT2D eigenvalue weighted by Crippen LogP contribution is -2.19. The summed E-state index contributed by atoms with van der Waals surface area (Å²) in [5.41, 5.74) is 1.42. The zero-order valence-corrected chi connectivity index (χ0v) is 13.4. The quantitative estimate of drug-likeness (QED) is 0.896. The van der Waals surface area contributed by atoms with Crippen molar-refractivity contribution in [2.45, 2.75) is 25.9 Å². The van der Waals surface area contributed by atoms with Crippen molar-refractivity contribution in [3.8, 4) is 11.3 Å². The van der Waals surface area contributed by atoms with Crippen molar-refractivity contribution in [2.24, 2.45) is 5.92 Å². The zero-order chi connectivity index (χ0) is 14.8. The van der Waals surface area contributed by atoms with Gasteiger partial charge in [-0.2, -0.15) is 0 Å². The Kier molecular flexibility index (Phi) is 4.22. The minimum absolute atomic E-state index is 0.113. The average Bonchev–Trinajstić information content (AvgIpc) is 3.33. The first-order chi connectivity index (χ1) is 10.2. The molecule has 4 nitrogen and oxygen atoms in total. The highest BCUT2D eigenvalue weighted by molar-refractivity contribution is 9.10. The fourth-order valence-electron chi connectivity index (χ4n) is 2.42. The molecule has 1 fully saturated rings. The monoisotopic (exact) mass is 348 g/mol. The molecule has 0 saturated heterocycles. The Morgan fingerprint density at radius 1 is 1.38 bits per heavy atom. The molecule has 0 aliphatic heterocycles. The molecule has 1 aliphatic carbocycles. The largest absolute Gasteiger partial charge is 0.370 e. The van der Waals surface area contributed by atoms with E-state index in [9.17, 15) is 4.79 Å². The van der Waals surface area contributed by atoms with E-state index in [1.807, 2.05) is 37.3 Å². The maximum atomic E-state index is 12.2. The molecule has 1 aliphatic rings. The van der Waals surface area contributed by atoms with E-state index in [1.54, 1.807) is 0 Å². The van der Waals surface area contributed by atoms with Crippen LogP contribution in [0.5, 0.6) is 0 Å². The fourth-order valence-corrected chi connectivity index (χ4v) is 2.83. The van der Waals surface area contributed by atoms with Crippen LogP contribution in [0.3, 0.4) is 0 Å². The van der Waals surface area contributed by atoms with Crippen molar-refractivity contribution < 1.29 is 4.74 Å². The summed E-state index contributed by atoms with van der Waals surface area (Å²) >= 11 is 3.34. The summed E-state index contributed by atoms with van der Waals surface area (Å²) in [4.78, 5) is 19.7. The van der Waals surface area contributed by atoms with Crippen LogP contribution >= 0.6 is 15.9 Å². The lowest BCUT2D eigenvalue weighted by molar-refractivity contribution is 0.0399. The molecule has 110 valence electrons. The first kappa shape index (κ1) is 14.5. The number of aromatic amines is 1. The summed E-state index contributed by atoms with van der Waals surface area (Å²) in [6, 6.07) is 9.71. The number of hydrogen-bond acceptors (Lipinski definition) is 3. The van der Waals surface area contributed by atoms with Gasteiger partial charge in [0.2, 0.25) is 0 Å². The molecule has 2 aromatic rings. The number of nitrogens with zero attached hydrogens (tertiary/aromatic N) is 1. The average molecular weight is 349 g/mol. The third-order valence-electron chi connectivity index (χ3n) is 3.59. The van der Waals surface area contributed by atoms with Crippen molar-refractivity contribution in [3.63, 3.8) is 0 Å². The molecular weight excluding hydrogens is 332 g/mol. The van der Waals surface area contributed by atoms with E-state index in [0.29, 0.717) is 28.5 Å². The summed E-state index contributed by atoms with van der Waals surface area (Å²) < 4.78 is 6.25. The maximum Gasteiger partial charge on any atom is 0.265 e. The Labute approximate surface area is 131 Å². The van der Waals surface area contributed by atoms with Gasteiger partial charge in [-0.05, 0) is 41.6 Å². The lowest BCUT2D eigenvalue weighted by Gasteiger charge is -2.16. The first-order valence-corrected chi connectivity index (χ1v) is 7.96. The molecule has 0 bridgehead atoms. The van der Waals surface area contributed by atoms with E-state index in [0.717, 1.165) is 18.4 Å². The van der Waals surface area contributed by atoms with Gasteiger partial charge in [0.15, 0.2) is 0 Å². The smallest absolute Gasteiger partial charge is 0.265 e. The molecule has 1 atom stereocenters. The fraction of sp³-hybridized carbons (Fsp3) is 0.375. The van der Waals surface area contributed by atoms with Crippen LogP contribution in [-0.4, -0.2) is 16.6 Å². The van der Waals surface area contributed by atoms with Gasteiger partial charge in [-0.15, -0.1) is 0 Å². The van der Waals surface area contributed by atoms with Crippen LogP contribution < -0.4 is 5.56 Å². The number of ether oxygens (including phenoxy) is 1. The molecule has 1 N–H and O–H groups in total. The van der Waals surface area contributed by atoms with Crippen LogP contribution in [0, 0.1) is 5.92 Å². The molecule has 5 heteroatoms. The van der Waals surface area contributed by atoms with E-state index < -0.39 is 0 Å². The third kappa shape index (κ3) is 3.09. The number of halogens is 1. The van der Waals surface area contributed by atoms with Gasteiger partial charge in [-0.25, -0.2) is 4.98 Å². The van der Waals surface area contributed by atoms with Gasteiger partial charge in [0.25, 0.3) is 5.56 Å². The molecular formula is C16H17BrN2O2. The van der Waals surface area contributed by atoms with Crippen LogP contribution in [-0.2, 0) is 4.74 Å². The molecule has 1 aromatic carbocycles. The summed E-state index contributed by atoms with van der Waals surface area (Å²) in [6.45, 7) is 2.58. The highest BCUT2D eigenvalue weighted by Crippen LogP contribution is 2.42. The number of benzene rings is 1. The highest BCUT2D eigenvalue weighted by Gasteiger charge is 2.35. The minimum atomic E-state index is -0.163. The Bertz CT molecular complexity index is 680. The number of nitrogens with one attached hydrogen (secondary N) is 1. The van der Waals surface area contributed by atoms with E-state index in [2.05, 4.69) is 25.9 Å². The zero-order valence-electron chi connectivity index (χ0n) is 11.8. The molecule has 0 spiro atoms. The predicted octanol–water partition coefficient (Wildman–Crippen LogP) is 3.69. The molecule has 0 radical (unpaired) electrons. The topological polar surface area (TPSA) is 55.0 Å². The number of hydrogen-bond donors (Lipinski definition) is 1. The van der Waals surface area contributed by atoms with Crippen LogP contribution in [0.25, 0.3) is 11.3 Å². The summed E-state index contributed by atoms with van der Waals surface area (Å²) in [5, 5.41) is 0. The Hall–Kier alpha value is -1.46. The van der Waals surface area contributed by atoms with Crippen molar-refractivity contribution >= 4 is 15.9 Å². The minimum Gasteiger partial charge on any atom is -0.370 e. The SMILES string of the molecule is CCOC(c1nc(-c2ccccc2)c(Br)c(=O)[nH]1)C1CC1. The third-order valence-corrected chi connectivity index (χ3v) is 4.33. The van der Waals surface area contributed by atoms with Crippen LogP contribution in [0.4, 0.5) is 0 Å². The summed E-state index contributed by atoms with van der Waals surface area (Å²) in [6.07, 6.45) is 2.15. The van der Waals surface area contributed by atoms with Crippen molar-refractivity contribution in [1.82, 2.24) is 9.97 Å². The number of aromatic nitrogens is 2. The predicted molar refractivity (Wildman–Crippen MR) is 85.1 cm³/mol. The maximum absolute atomic E-state index is 12.2. The highest BCUT2D eigenvalue weighted by atomic mass is 79.9. The molecule has 1 aromatic heterocycles. The van der Waals surface area contributed by atoms with Gasteiger partial charge in [0, 0.05) is 12.2 Å². The van der Waals surface area contributed by atoms with E-state index in [4.69, 9.17) is 4.74 Å². The van der Waals surface area contributed by atoms with Crippen molar-refractivity contribution in [1.29, 1.82) is 0 Å². The van der Waals surface area contributed by atoms with Gasteiger partial charge in [0.05, 0.1) is 5.69 Å². The molecule has 21 heavy (non-hydrogen) atoms. The number of H-pyrrole nitrogens is 1. The molecule has 0 amide bonds. The van der Waals surface area contributed by atoms with Crippen LogP contribution in [0.15, 0.2) is 39.6 Å². The Morgan fingerprint density at radius 2 is 2.10 bits per heavy atom. The second-order valence-electron chi connectivity index (χ2n) is 5.19. The second-order valence-corrected chi connectivity index (χ2v) is 5.99. The molecule has 1 unspecified atom stereocenters. The lowest BCUT2D eigenvalue weighted by atomic mass is 10.1. The summed E-state index contributed by atoms with van der Waals surface area (Å²) in [7, 11) is 0. The molecule has 3 rings (SSSR count). The number of rotatable bonds is 5. The Morgan fingerprint density at radius 3 is 2.71 bits per heavy atom. The molecule has 1 saturated carbocycles. The van der Waals surface area contributed by atoms with Gasteiger partial charge in [0.1, 0.15) is 16.4 Å². The van der Waals surface area contributed by atoms with Crippen LogP contribution in [0.2, 0.25) is 0 Å². The van der Waals surface area contributed by atoms with Crippen LogP contribution in [0.1, 0.15) is 31.7 Å². The standard InChI is InChI=1S/C16H17BrN2O2/c1-2-21-14(11-8-9-11)15-18-13(12(17)16(20)19-15)10-6-4-3-5-7-10/h3-7,11,14H,2,8-9H2,1H3,(H,18,19,20). The van der Waals surface area contributed by atoms with Gasteiger partial charge < -0.3 is 9.72 Å². The van der Waals surface area contributed by atoms with Gasteiger partial charge >= 0.3 is 0 Å². The van der Waals surface area contributed by atoms with Gasteiger partial charge in [-0.3, -0.25) is 4.79 Å². The van der Waals surface area contributed by atoms with E-state index >= 15 is 0 Å². The second kappa shape index (κ2) is 6.12. The molecule has 1 heterocycles. The van der Waals surface area contributed by atoms with Crippen molar-refractivity contribution in [3.05, 3.63) is 51.0 Å². The summed E-state index contributed by atoms with van der Waals surface area (Å²) in [5.74, 6) is 1.10. The van der Waals surface area contributed by atoms with E-state index in [1.165, 1.54) is 0 Å². The van der Waals surface area contributed by atoms with E-state index in [-0.39, 0.29) is 11.7 Å². The van der Waals surface area contributed by atoms with Gasteiger partial charge in [-0.1, -0.05) is 30.3 Å².